The van der Waals surface area contributed by atoms with Crippen LogP contribution in [0.1, 0.15) is 35.1 Å². The fourth-order valence-electron chi connectivity index (χ4n) is 2.29. The van der Waals surface area contributed by atoms with Gasteiger partial charge in [-0.3, -0.25) is 9.48 Å². The van der Waals surface area contributed by atoms with Crippen molar-refractivity contribution in [1.82, 2.24) is 15.1 Å². The first-order valence-electron chi connectivity index (χ1n) is 7.28. The van der Waals surface area contributed by atoms with Crippen LogP contribution in [0.15, 0.2) is 30.3 Å². The molecule has 0 bridgehead atoms. The van der Waals surface area contributed by atoms with Gasteiger partial charge in [0.05, 0.1) is 11.4 Å². The van der Waals surface area contributed by atoms with Gasteiger partial charge in [0.25, 0.3) is 5.91 Å². The minimum absolute atomic E-state index is 0.150. The molecule has 0 unspecified atom stereocenters. The number of anilines is 1. The SMILES string of the molecule is CCn1nc(C)c(N)c1C(=O)NCCCc1ccccc1. The molecule has 5 nitrogen and oxygen atoms in total. The van der Waals surface area contributed by atoms with E-state index in [4.69, 9.17) is 5.73 Å². The number of nitrogens with zero attached hydrogens (tertiary/aromatic N) is 2. The highest BCUT2D eigenvalue weighted by Crippen LogP contribution is 2.16. The minimum atomic E-state index is -0.150. The number of nitrogens with two attached hydrogens (primary N) is 1. The molecule has 3 N–H and O–H groups in total. The zero-order valence-corrected chi connectivity index (χ0v) is 12.6. The Balaban J connectivity index is 1.88. The molecule has 0 spiro atoms. The first-order valence-corrected chi connectivity index (χ1v) is 7.28. The van der Waals surface area contributed by atoms with Crippen molar-refractivity contribution in [2.45, 2.75) is 33.2 Å². The summed E-state index contributed by atoms with van der Waals surface area (Å²) in [6, 6.07) is 10.2. The summed E-state index contributed by atoms with van der Waals surface area (Å²) in [5.41, 5.74) is 8.85. The molecular formula is C16H22N4O. The van der Waals surface area contributed by atoms with Crippen LogP contribution in [-0.2, 0) is 13.0 Å². The third-order valence-electron chi connectivity index (χ3n) is 3.46. The Kier molecular flexibility index (Phi) is 4.98. The average molecular weight is 286 g/mol. The van der Waals surface area contributed by atoms with Crippen LogP contribution in [0.2, 0.25) is 0 Å². The van der Waals surface area contributed by atoms with Crippen molar-refractivity contribution in [1.29, 1.82) is 0 Å². The lowest BCUT2D eigenvalue weighted by atomic mass is 10.1. The van der Waals surface area contributed by atoms with Crippen LogP contribution in [0.5, 0.6) is 0 Å². The summed E-state index contributed by atoms with van der Waals surface area (Å²) >= 11 is 0. The van der Waals surface area contributed by atoms with Crippen molar-refractivity contribution < 1.29 is 4.79 Å². The van der Waals surface area contributed by atoms with Gasteiger partial charge in [-0.05, 0) is 32.3 Å². The third-order valence-corrected chi connectivity index (χ3v) is 3.46. The molecule has 0 atom stereocenters. The van der Waals surface area contributed by atoms with Gasteiger partial charge in [0.15, 0.2) is 0 Å². The number of hydrogen-bond acceptors (Lipinski definition) is 3. The molecule has 21 heavy (non-hydrogen) atoms. The zero-order valence-electron chi connectivity index (χ0n) is 12.6. The fraction of sp³-hybridized carbons (Fsp3) is 0.375. The third kappa shape index (κ3) is 3.62. The summed E-state index contributed by atoms with van der Waals surface area (Å²) in [5, 5.41) is 7.17. The largest absolute Gasteiger partial charge is 0.395 e. The molecule has 0 fully saturated rings. The second-order valence-corrected chi connectivity index (χ2v) is 5.01. The van der Waals surface area contributed by atoms with E-state index in [1.165, 1.54) is 5.56 Å². The van der Waals surface area contributed by atoms with Crippen LogP contribution in [0.4, 0.5) is 5.69 Å². The van der Waals surface area contributed by atoms with Gasteiger partial charge in [-0.2, -0.15) is 5.10 Å². The van der Waals surface area contributed by atoms with E-state index < -0.39 is 0 Å². The van der Waals surface area contributed by atoms with E-state index in [0.717, 1.165) is 12.8 Å². The van der Waals surface area contributed by atoms with Crippen LogP contribution < -0.4 is 11.1 Å². The van der Waals surface area contributed by atoms with Gasteiger partial charge in [0.1, 0.15) is 5.69 Å². The maximum absolute atomic E-state index is 12.2. The smallest absolute Gasteiger partial charge is 0.271 e. The van der Waals surface area contributed by atoms with Crippen molar-refractivity contribution in [2.24, 2.45) is 0 Å². The van der Waals surface area contributed by atoms with Gasteiger partial charge in [-0.15, -0.1) is 0 Å². The highest BCUT2D eigenvalue weighted by Gasteiger charge is 2.18. The zero-order chi connectivity index (χ0) is 15.2. The van der Waals surface area contributed by atoms with E-state index in [2.05, 4.69) is 22.5 Å². The predicted molar refractivity (Wildman–Crippen MR) is 84.1 cm³/mol. The molecule has 1 heterocycles. The van der Waals surface area contributed by atoms with Crippen molar-refractivity contribution in [3.05, 3.63) is 47.3 Å². The second-order valence-electron chi connectivity index (χ2n) is 5.01. The molecule has 1 amide bonds. The lowest BCUT2D eigenvalue weighted by Crippen LogP contribution is -2.28. The van der Waals surface area contributed by atoms with Gasteiger partial charge in [0.2, 0.25) is 0 Å². The number of benzene rings is 1. The molecule has 2 rings (SSSR count). The van der Waals surface area contributed by atoms with E-state index in [9.17, 15) is 4.79 Å². The van der Waals surface area contributed by atoms with Gasteiger partial charge < -0.3 is 11.1 Å². The highest BCUT2D eigenvalue weighted by molar-refractivity contribution is 5.97. The first-order chi connectivity index (χ1) is 10.1. The second kappa shape index (κ2) is 6.92. The number of nitrogen functional groups attached to an aromatic ring is 1. The number of amides is 1. The molecule has 1 aromatic heterocycles. The van der Waals surface area contributed by atoms with E-state index in [0.29, 0.717) is 30.2 Å². The van der Waals surface area contributed by atoms with E-state index >= 15 is 0 Å². The molecule has 0 saturated carbocycles. The van der Waals surface area contributed by atoms with Crippen LogP contribution in [-0.4, -0.2) is 22.2 Å². The van der Waals surface area contributed by atoms with Gasteiger partial charge in [-0.25, -0.2) is 0 Å². The number of aromatic nitrogens is 2. The average Bonchev–Trinajstić information content (AvgIpc) is 2.79. The molecule has 0 aliphatic carbocycles. The number of rotatable bonds is 6. The van der Waals surface area contributed by atoms with E-state index in [1.807, 2.05) is 32.0 Å². The Morgan fingerprint density at radius 1 is 1.33 bits per heavy atom. The Morgan fingerprint density at radius 2 is 2.05 bits per heavy atom. The number of nitrogens with one attached hydrogen (secondary N) is 1. The number of carbonyl (C=O) groups excluding carboxylic acids is 1. The van der Waals surface area contributed by atoms with Crippen molar-refractivity contribution >= 4 is 11.6 Å². The molecule has 0 aliphatic rings. The summed E-state index contributed by atoms with van der Waals surface area (Å²) in [4.78, 5) is 12.2. The van der Waals surface area contributed by atoms with Crippen molar-refractivity contribution in [3.63, 3.8) is 0 Å². The molecule has 1 aromatic carbocycles. The van der Waals surface area contributed by atoms with Crippen LogP contribution in [0, 0.1) is 6.92 Å². The Bertz CT molecular complexity index is 604. The Labute approximate surface area is 125 Å². The molecular weight excluding hydrogens is 264 g/mol. The monoisotopic (exact) mass is 286 g/mol. The topological polar surface area (TPSA) is 72.9 Å². The Morgan fingerprint density at radius 3 is 2.71 bits per heavy atom. The maximum atomic E-state index is 12.2. The summed E-state index contributed by atoms with van der Waals surface area (Å²) in [7, 11) is 0. The molecule has 5 heteroatoms. The van der Waals surface area contributed by atoms with Gasteiger partial charge in [0, 0.05) is 13.1 Å². The fourth-order valence-corrected chi connectivity index (χ4v) is 2.29. The summed E-state index contributed by atoms with van der Waals surface area (Å²) in [5.74, 6) is -0.150. The van der Waals surface area contributed by atoms with Crippen molar-refractivity contribution in [2.75, 3.05) is 12.3 Å². The molecule has 112 valence electrons. The lowest BCUT2D eigenvalue weighted by molar-refractivity contribution is 0.0943. The van der Waals surface area contributed by atoms with Gasteiger partial charge >= 0.3 is 0 Å². The summed E-state index contributed by atoms with van der Waals surface area (Å²) in [6.07, 6.45) is 1.84. The molecule has 0 aliphatic heterocycles. The van der Waals surface area contributed by atoms with Crippen LogP contribution in [0.25, 0.3) is 0 Å². The standard InChI is InChI=1S/C16H22N4O/c1-3-20-15(14(17)12(2)19-20)16(21)18-11-7-10-13-8-5-4-6-9-13/h4-6,8-9H,3,7,10-11,17H2,1-2H3,(H,18,21). The molecule has 0 radical (unpaired) electrons. The van der Waals surface area contributed by atoms with Gasteiger partial charge in [-0.1, -0.05) is 30.3 Å². The maximum Gasteiger partial charge on any atom is 0.271 e. The number of hydrogen-bond donors (Lipinski definition) is 2. The summed E-state index contributed by atoms with van der Waals surface area (Å²) in [6.45, 7) is 5.01. The number of aryl methyl sites for hydroxylation is 3. The normalized spacial score (nSPS) is 10.6. The van der Waals surface area contributed by atoms with Crippen molar-refractivity contribution in [3.8, 4) is 0 Å². The molecule has 2 aromatic rings. The highest BCUT2D eigenvalue weighted by atomic mass is 16.2. The first kappa shape index (κ1) is 15.1. The minimum Gasteiger partial charge on any atom is -0.395 e. The van der Waals surface area contributed by atoms with E-state index in [1.54, 1.807) is 4.68 Å². The van der Waals surface area contributed by atoms with E-state index in [-0.39, 0.29) is 5.91 Å². The van der Waals surface area contributed by atoms with Crippen LogP contribution in [0.3, 0.4) is 0 Å². The predicted octanol–water partition coefficient (Wildman–Crippen LogP) is 2.16. The Hall–Kier alpha value is -2.30. The number of carbonyl (C=O) groups is 1. The van der Waals surface area contributed by atoms with Crippen LogP contribution >= 0.6 is 0 Å². The quantitative estimate of drug-likeness (QED) is 0.799. The lowest BCUT2D eigenvalue weighted by Gasteiger charge is -2.07. The summed E-state index contributed by atoms with van der Waals surface area (Å²) < 4.78 is 1.65. The molecule has 0 saturated heterocycles.